The van der Waals surface area contributed by atoms with Crippen molar-refractivity contribution >= 4 is 35.0 Å². The molecule has 0 saturated carbocycles. The zero-order chi connectivity index (χ0) is 22.1. The standard InChI is InChI=1S/C23H22N8O/c1-29-11-10-20(28-29)26-22-25-13-17-15-30(14-16-6-3-2-4-7-16)23(32)31(21(17)27-22)19-9-5-8-18(24)12-19/h2-13H,14-15,24H2,1H3,(H,25,26,27,28). The van der Waals surface area contributed by atoms with E-state index in [2.05, 4.69) is 20.4 Å². The largest absolute Gasteiger partial charge is 0.399 e. The van der Waals surface area contributed by atoms with Crippen molar-refractivity contribution in [2.75, 3.05) is 16.0 Å². The molecule has 0 saturated heterocycles. The number of nitrogens with zero attached hydrogens (tertiary/aromatic N) is 6. The van der Waals surface area contributed by atoms with E-state index >= 15 is 0 Å². The van der Waals surface area contributed by atoms with Gasteiger partial charge in [-0.3, -0.25) is 4.68 Å². The fourth-order valence-corrected chi connectivity index (χ4v) is 3.69. The van der Waals surface area contributed by atoms with Crippen molar-refractivity contribution in [2.24, 2.45) is 7.05 Å². The fraction of sp³-hybridized carbons (Fsp3) is 0.130. The second-order valence-electron chi connectivity index (χ2n) is 7.60. The van der Waals surface area contributed by atoms with Gasteiger partial charge in [-0.05, 0) is 23.8 Å². The van der Waals surface area contributed by atoms with Crippen LogP contribution in [0.4, 0.5) is 33.8 Å². The molecule has 9 heteroatoms. The second-order valence-corrected chi connectivity index (χ2v) is 7.60. The fourth-order valence-electron chi connectivity index (χ4n) is 3.69. The average molecular weight is 426 g/mol. The number of anilines is 5. The van der Waals surface area contributed by atoms with Gasteiger partial charge in [0, 0.05) is 43.3 Å². The van der Waals surface area contributed by atoms with Gasteiger partial charge < -0.3 is 16.0 Å². The van der Waals surface area contributed by atoms with Crippen molar-refractivity contribution in [3.63, 3.8) is 0 Å². The number of hydrogen-bond donors (Lipinski definition) is 2. The van der Waals surface area contributed by atoms with Crippen molar-refractivity contribution in [2.45, 2.75) is 13.1 Å². The van der Waals surface area contributed by atoms with Gasteiger partial charge in [-0.1, -0.05) is 36.4 Å². The number of nitrogens with one attached hydrogen (secondary N) is 1. The Morgan fingerprint density at radius 2 is 1.94 bits per heavy atom. The van der Waals surface area contributed by atoms with Gasteiger partial charge in [0.2, 0.25) is 5.95 Å². The summed E-state index contributed by atoms with van der Waals surface area (Å²) >= 11 is 0. The zero-order valence-corrected chi connectivity index (χ0v) is 17.5. The molecule has 2 aromatic carbocycles. The van der Waals surface area contributed by atoms with Crippen LogP contribution in [0, 0.1) is 0 Å². The van der Waals surface area contributed by atoms with Crippen LogP contribution in [0.3, 0.4) is 0 Å². The molecule has 5 rings (SSSR count). The van der Waals surface area contributed by atoms with E-state index < -0.39 is 0 Å². The van der Waals surface area contributed by atoms with Crippen LogP contribution in [0.2, 0.25) is 0 Å². The zero-order valence-electron chi connectivity index (χ0n) is 17.5. The van der Waals surface area contributed by atoms with E-state index in [0.717, 1.165) is 11.1 Å². The maximum Gasteiger partial charge on any atom is 0.330 e. The average Bonchev–Trinajstić information content (AvgIpc) is 3.20. The number of rotatable bonds is 5. The van der Waals surface area contributed by atoms with Gasteiger partial charge in [0.25, 0.3) is 0 Å². The summed E-state index contributed by atoms with van der Waals surface area (Å²) in [6.45, 7) is 0.887. The van der Waals surface area contributed by atoms with E-state index in [9.17, 15) is 4.79 Å². The molecule has 0 fully saturated rings. The Morgan fingerprint density at radius 1 is 1.09 bits per heavy atom. The first kappa shape index (κ1) is 19.6. The third kappa shape index (κ3) is 3.83. The molecule has 2 amide bonds. The normalized spacial score (nSPS) is 13.2. The minimum atomic E-state index is -0.172. The Kier molecular flexibility index (Phi) is 4.91. The van der Waals surface area contributed by atoms with E-state index in [1.165, 1.54) is 0 Å². The van der Waals surface area contributed by atoms with Gasteiger partial charge in [-0.2, -0.15) is 10.1 Å². The summed E-state index contributed by atoms with van der Waals surface area (Å²) in [5.41, 5.74) is 9.12. The molecule has 0 radical (unpaired) electrons. The van der Waals surface area contributed by atoms with Crippen LogP contribution in [-0.2, 0) is 20.1 Å². The van der Waals surface area contributed by atoms with Crippen LogP contribution < -0.4 is 16.0 Å². The van der Waals surface area contributed by atoms with Crippen molar-refractivity contribution in [1.82, 2.24) is 24.6 Å². The van der Waals surface area contributed by atoms with Crippen molar-refractivity contribution in [3.05, 3.63) is 84.2 Å². The lowest BCUT2D eigenvalue weighted by Crippen LogP contribution is -2.45. The summed E-state index contributed by atoms with van der Waals surface area (Å²) in [5, 5.41) is 7.39. The molecule has 1 aliphatic heterocycles. The smallest absolute Gasteiger partial charge is 0.330 e. The Bertz CT molecular complexity index is 1270. The quantitative estimate of drug-likeness (QED) is 0.470. The minimum absolute atomic E-state index is 0.172. The molecule has 0 bridgehead atoms. The van der Waals surface area contributed by atoms with Gasteiger partial charge in [-0.15, -0.1) is 0 Å². The van der Waals surface area contributed by atoms with Gasteiger partial charge in [-0.25, -0.2) is 14.7 Å². The lowest BCUT2D eigenvalue weighted by Gasteiger charge is -2.36. The number of aryl methyl sites for hydroxylation is 1. The molecule has 3 heterocycles. The van der Waals surface area contributed by atoms with E-state index in [1.54, 1.807) is 32.8 Å². The summed E-state index contributed by atoms with van der Waals surface area (Å²) in [4.78, 5) is 26.1. The number of urea groups is 1. The maximum absolute atomic E-state index is 13.6. The van der Waals surface area contributed by atoms with Crippen LogP contribution in [0.5, 0.6) is 0 Å². The first-order valence-corrected chi connectivity index (χ1v) is 10.2. The number of carbonyl (C=O) groups is 1. The van der Waals surface area contributed by atoms with Gasteiger partial charge in [0.05, 0.1) is 12.2 Å². The molecule has 0 atom stereocenters. The highest BCUT2D eigenvalue weighted by Crippen LogP contribution is 2.35. The highest BCUT2D eigenvalue weighted by molar-refractivity contribution is 6.01. The topological polar surface area (TPSA) is 105 Å². The molecule has 3 N–H and O–H groups in total. The number of hydrogen-bond acceptors (Lipinski definition) is 6. The SMILES string of the molecule is Cn1ccc(Nc2ncc3c(n2)N(c2cccc(N)c2)C(=O)N(Cc2ccccc2)C3)n1. The lowest BCUT2D eigenvalue weighted by atomic mass is 10.1. The first-order valence-electron chi connectivity index (χ1n) is 10.2. The number of aromatic nitrogens is 4. The Morgan fingerprint density at radius 3 is 2.69 bits per heavy atom. The number of amides is 2. The van der Waals surface area contributed by atoms with Crippen LogP contribution >= 0.6 is 0 Å². The van der Waals surface area contributed by atoms with Crippen LogP contribution in [0.1, 0.15) is 11.1 Å². The molecule has 32 heavy (non-hydrogen) atoms. The Labute approximate surface area is 185 Å². The molecule has 160 valence electrons. The van der Waals surface area contributed by atoms with Crippen LogP contribution in [0.25, 0.3) is 0 Å². The van der Waals surface area contributed by atoms with Crippen molar-refractivity contribution < 1.29 is 4.79 Å². The predicted octanol–water partition coefficient (Wildman–Crippen LogP) is 3.81. The van der Waals surface area contributed by atoms with Gasteiger partial charge >= 0.3 is 6.03 Å². The van der Waals surface area contributed by atoms with Gasteiger partial charge in [0.1, 0.15) is 0 Å². The number of benzene rings is 2. The molecular weight excluding hydrogens is 404 g/mol. The molecule has 0 spiro atoms. The predicted molar refractivity (Wildman–Crippen MR) is 123 cm³/mol. The number of nitrogen functional groups attached to an aromatic ring is 1. The molecule has 1 aliphatic rings. The first-order chi connectivity index (χ1) is 15.6. The molecule has 9 nitrogen and oxygen atoms in total. The molecular formula is C23H22N8O. The number of carbonyl (C=O) groups excluding carboxylic acids is 1. The second kappa shape index (κ2) is 8.03. The highest BCUT2D eigenvalue weighted by Gasteiger charge is 2.33. The van der Waals surface area contributed by atoms with Gasteiger partial charge in [0.15, 0.2) is 11.6 Å². The van der Waals surface area contributed by atoms with E-state index in [4.69, 9.17) is 5.73 Å². The number of nitrogens with two attached hydrogens (primary N) is 1. The summed E-state index contributed by atoms with van der Waals surface area (Å²) in [7, 11) is 1.83. The summed E-state index contributed by atoms with van der Waals surface area (Å²) in [5.74, 6) is 1.51. The van der Waals surface area contributed by atoms with Crippen LogP contribution in [0.15, 0.2) is 73.1 Å². The van der Waals surface area contributed by atoms with E-state index in [-0.39, 0.29) is 6.03 Å². The highest BCUT2D eigenvalue weighted by atomic mass is 16.2. The molecule has 2 aromatic heterocycles. The molecule has 0 unspecified atom stereocenters. The van der Waals surface area contributed by atoms with Crippen LogP contribution in [-0.4, -0.2) is 30.7 Å². The minimum Gasteiger partial charge on any atom is -0.399 e. The molecule has 4 aromatic rings. The molecule has 0 aliphatic carbocycles. The lowest BCUT2D eigenvalue weighted by molar-refractivity contribution is 0.198. The van der Waals surface area contributed by atoms with Crippen molar-refractivity contribution in [3.8, 4) is 0 Å². The third-order valence-corrected chi connectivity index (χ3v) is 5.17. The Balaban J connectivity index is 1.54. The maximum atomic E-state index is 13.6. The Hall–Kier alpha value is -4.40. The van der Waals surface area contributed by atoms with E-state index in [0.29, 0.717) is 42.0 Å². The van der Waals surface area contributed by atoms with Crippen molar-refractivity contribution in [1.29, 1.82) is 0 Å². The summed E-state index contributed by atoms with van der Waals surface area (Å²) in [6.07, 6.45) is 3.57. The van der Waals surface area contributed by atoms with E-state index in [1.807, 2.05) is 61.8 Å². The number of fused-ring (bicyclic) bond motifs is 1. The monoisotopic (exact) mass is 426 g/mol. The summed E-state index contributed by atoms with van der Waals surface area (Å²) < 4.78 is 1.69. The third-order valence-electron chi connectivity index (χ3n) is 5.17. The summed E-state index contributed by atoms with van der Waals surface area (Å²) in [6, 6.07) is 18.8.